The van der Waals surface area contributed by atoms with Gasteiger partial charge in [0.15, 0.2) is 0 Å². The zero-order chi connectivity index (χ0) is 20.4. The number of ether oxygens (including phenoxy) is 2. The Morgan fingerprint density at radius 1 is 1.28 bits per heavy atom. The molecular weight excluding hydrogens is 370 g/mol. The van der Waals surface area contributed by atoms with E-state index in [9.17, 15) is 9.90 Å². The Hall–Kier alpha value is -2.64. The first kappa shape index (κ1) is 19.7. The molecule has 0 unspecified atom stereocenters. The Balaban J connectivity index is 1.44. The van der Waals surface area contributed by atoms with Crippen molar-refractivity contribution in [3.8, 4) is 5.75 Å². The van der Waals surface area contributed by atoms with Gasteiger partial charge in [0.2, 0.25) is 5.91 Å². The minimum absolute atomic E-state index is 0.0665. The predicted molar refractivity (Wildman–Crippen MR) is 109 cm³/mol. The van der Waals surface area contributed by atoms with Gasteiger partial charge < -0.3 is 24.8 Å². The molecule has 2 aliphatic heterocycles. The quantitative estimate of drug-likeness (QED) is 0.774. The van der Waals surface area contributed by atoms with Crippen LogP contribution in [0.3, 0.4) is 0 Å². The van der Waals surface area contributed by atoms with E-state index >= 15 is 0 Å². The van der Waals surface area contributed by atoms with Crippen molar-refractivity contribution in [2.45, 2.75) is 43.6 Å². The van der Waals surface area contributed by atoms with Crippen molar-refractivity contribution in [3.05, 3.63) is 53.9 Å². The zero-order valence-corrected chi connectivity index (χ0v) is 16.7. The van der Waals surface area contributed by atoms with Crippen LogP contribution in [0, 0.1) is 0 Å². The molecule has 4 rings (SSSR count). The standard InChI is InChI=1S/C22H27N3O4/c1-25(2)15-3-4-19-17(9-15)18-10-16(28-20(13-26)22(18)29-19)11-21(27)24-12-14-5-7-23-8-6-14/h3-9,16,18,20,22,26H,10-13H2,1-2H3,(H,24,27)/t16-,18-,20-,22+/m0/s1. The monoisotopic (exact) mass is 397 g/mol. The minimum atomic E-state index is -0.443. The smallest absolute Gasteiger partial charge is 0.222 e. The number of hydrogen-bond donors (Lipinski definition) is 2. The third kappa shape index (κ3) is 4.21. The van der Waals surface area contributed by atoms with E-state index in [-0.39, 0.29) is 37.1 Å². The summed E-state index contributed by atoms with van der Waals surface area (Å²) in [6.45, 7) is 0.326. The molecule has 7 heteroatoms. The first-order valence-corrected chi connectivity index (χ1v) is 9.95. The van der Waals surface area contributed by atoms with Gasteiger partial charge in [0, 0.05) is 50.2 Å². The molecular formula is C22H27N3O4. The molecule has 29 heavy (non-hydrogen) atoms. The molecule has 0 radical (unpaired) electrons. The number of hydrogen-bond acceptors (Lipinski definition) is 6. The molecule has 0 bridgehead atoms. The van der Waals surface area contributed by atoms with Gasteiger partial charge in [0.05, 0.1) is 19.1 Å². The largest absolute Gasteiger partial charge is 0.487 e. The molecule has 1 aromatic carbocycles. The number of aromatic nitrogens is 1. The van der Waals surface area contributed by atoms with E-state index < -0.39 is 6.10 Å². The predicted octanol–water partition coefficient (Wildman–Crippen LogP) is 1.85. The van der Waals surface area contributed by atoms with Gasteiger partial charge in [-0.2, -0.15) is 0 Å². The molecule has 154 valence electrons. The molecule has 0 aliphatic carbocycles. The van der Waals surface area contributed by atoms with Gasteiger partial charge in [-0.1, -0.05) is 0 Å². The Bertz CT molecular complexity index is 858. The topological polar surface area (TPSA) is 83.9 Å². The molecule has 4 atom stereocenters. The highest BCUT2D eigenvalue weighted by atomic mass is 16.6. The molecule has 1 aromatic heterocycles. The van der Waals surface area contributed by atoms with Gasteiger partial charge in [0.25, 0.3) is 0 Å². The summed E-state index contributed by atoms with van der Waals surface area (Å²) in [5.74, 6) is 0.882. The third-order valence-electron chi connectivity index (χ3n) is 5.65. The lowest BCUT2D eigenvalue weighted by Gasteiger charge is -2.37. The SMILES string of the molecule is CN(C)c1ccc2c(c1)[C@@H]1C[C@@H](CC(=O)NCc3ccncc3)O[C@@H](CO)[C@@H]1O2. The summed E-state index contributed by atoms with van der Waals surface area (Å²) in [6, 6.07) is 9.89. The van der Waals surface area contributed by atoms with Crippen LogP contribution in [-0.4, -0.2) is 55.0 Å². The number of anilines is 1. The number of benzene rings is 1. The third-order valence-corrected chi connectivity index (χ3v) is 5.65. The Labute approximate surface area is 170 Å². The Morgan fingerprint density at radius 3 is 2.79 bits per heavy atom. The van der Waals surface area contributed by atoms with E-state index in [0.29, 0.717) is 13.0 Å². The van der Waals surface area contributed by atoms with Gasteiger partial charge in [0.1, 0.15) is 18.0 Å². The maximum atomic E-state index is 12.5. The Kier molecular flexibility index (Phi) is 5.69. The number of fused-ring (bicyclic) bond motifs is 3. The fourth-order valence-electron chi connectivity index (χ4n) is 4.13. The van der Waals surface area contributed by atoms with Crippen molar-refractivity contribution < 1.29 is 19.4 Å². The highest BCUT2D eigenvalue weighted by Crippen LogP contribution is 2.47. The van der Waals surface area contributed by atoms with E-state index in [1.165, 1.54) is 0 Å². The van der Waals surface area contributed by atoms with Crippen molar-refractivity contribution >= 4 is 11.6 Å². The summed E-state index contributed by atoms with van der Waals surface area (Å²) in [5, 5.41) is 12.8. The van der Waals surface area contributed by atoms with E-state index in [1.807, 2.05) is 38.4 Å². The minimum Gasteiger partial charge on any atom is -0.487 e. The molecule has 0 spiro atoms. The second kappa shape index (κ2) is 8.39. The number of nitrogens with one attached hydrogen (secondary N) is 1. The summed E-state index contributed by atoms with van der Waals surface area (Å²) >= 11 is 0. The van der Waals surface area contributed by atoms with E-state index in [2.05, 4.69) is 21.3 Å². The average molecular weight is 397 g/mol. The van der Waals surface area contributed by atoms with Gasteiger partial charge >= 0.3 is 0 Å². The first-order valence-electron chi connectivity index (χ1n) is 9.95. The van der Waals surface area contributed by atoms with Crippen LogP contribution in [0.1, 0.15) is 29.9 Å². The number of aliphatic hydroxyl groups is 1. The summed E-state index contributed by atoms with van der Waals surface area (Å²) in [5.41, 5.74) is 3.23. The zero-order valence-electron chi connectivity index (χ0n) is 16.7. The van der Waals surface area contributed by atoms with E-state index in [0.717, 1.165) is 22.6 Å². The number of rotatable bonds is 6. The van der Waals surface area contributed by atoms with Crippen molar-refractivity contribution in [1.29, 1.82) is 0 Å². The van der Waals surface area contributed by atoms with Crippen LogP contribution in [0.5, 0.6) is 5.75 Å². The first-order chi connectivity index (χ1) is 14.0. The molecule has 1 fully saturated rings. The van der Waals surface area contributed by atoms with E-state index in [1.54, 1.807) is 12.4 Å². The fourth-order valence-corrected chi connectivity index (χ4v) is 4.13. The number of pyridine rings is 1. The van der Waals surface area contributed by atoms with Crippen molar-refractivity contribution in [3.63, 3.8) is 0 Å². The van der Waals surface area contributed by atoms with Crippen LogP contribution >= 0.6 is 0 Å². The molecule has 2 aromatic rings. The molecule has 1 amide bonds. The number of nitrogens with zero attached hydrogens (tertiary/aromatic N) is 2. The van der Waals surface area contributed by atoms with Gasteiger partial charge in [-0.25, -0.2) is 0 Å². The number of aliphatic hydroxyl groups excluding tert-OH is 1. The summed E-state index contributed by atoms with van der Waals surface area (Å²) in [6.07, 6.45) is 3.43. The van der Waals surface area contributed by atoms with Crippen molar-refractivity contribution in [2.75, 3.05) is 25.6 Å². The fraction of sp³-hybridized carbons (Fsp3) is 0.455. The number of carbonyl (C=O) groups is 1. The summed E-state index contributed by atoms with van der Waals surface area (Å²) < 4.78 is 12.1. The van der Waals surface area contributed by atoms with Crippen LogP contribution in [0.2, 0.25) is 0 Å². The molecule has 7 nitrogen and oxygen atoms in total. The van der Waals surface area contributed by atoms with Crippen molar-refractivity contribution in [2.24, 2.45) is 0 Å². The second-order valence-corrected chi connectivity index (χ2v) is 7.86. The molecule has 2 N–H and O–H groups in total. The van der Waals surface area contributed by atoms with Crippen LogP contribution in [0.15, 0.2) is 42.7 Å². The summed E-state index contributed by atoms with van der Waals surface area (Å²) in [7, 11) is 4.01. The Morgan fingerprint density at radius 2 is 2.07 bits per heavy atom. The maximum Gasteiger partial charge on any atom is 0.222 e. The second-order valence-electron chi connectivity index (χ2n) is 7.86. The van der Waals surface area contributed by atoms with E-state index in [4.69, 9.17) is 9.47 Å². The van der Waals surface area contributed by atoms with Gasteiger partial charge in [-0.3, -0.25) is 9.78 Å². The lowest BCUT2D eigenvalue weighted by molar-refractivity contribution is -0.142. The van der Waals surface area contributed by atoms with Crippen LogP contribution in [0.25, 0.3) is 0 Å². The van der Waals surface area contributed by atoms with Crippen LogP contribution in [0.4, 0.5) is 5.69 Å². The van der Waals surface area contributed by atoms with Crippen LogP contribution < -0.4 is 15.0 Å². The molecule has 1 saturated heterocycles. The highest BCUT2D eigenvalue weighted by Gasteiger charge is 2.46. The average Bonchev–Trinajstić information content (AvgIpc) is 3.10. The molecule has 2 aliphatic rings. The summed E-state index contributed by atoms with van der Waals surface area (Å²) in [4.78, 5) is 18.5. The number of carbonyl (C=O) groups excluding carboxylic acids is 1. The van der Waals surface area contributed by atoms with Gasteiger partial charge in [-0.15, -0.1) is 0 Å². The molecule has 0 saturated carbocycles. The lowest BCUT2D eigenvalue weighted by atomic mass is 9.84. The maximum absolute atomic E-state index is 12.5. The highest BCUT2D eigenvalue weighted by molar-refractivity contribution is 5.76. The van der Waals surface area contributed by atoms with Gasteiger partial charge in [-0.05, 0) is 42.3 Å². The van der Waals surface area contributed by atoms with Crippen molar-refractivity contribution in [1.82, 2.24) is 10.3 Å². The van der Waals surface area contributed by atoms with Crippen LogP contribution in [-0.2, 0) is 16.1 Å². The molecule has 3 heterocycles. The lowest BCUT2D eigenvalue weighted by Crippen LogP contribution is -2.47. The normalized spacial score (nSPS) is 24.9. The number of amides is 1.